The summed E-state index contributed by atoms with van der Waals surface area (Å²) in [4.78, 5) is 0. The van der Waals surface area contributed by atoms with E-state index in [0.717, 1.165) is 11.3 Å². The Bertz CT molecular complexity index is 404. The molecule has 0 unspecified atom stereocenters. The van der Waals surface area contributed by atoms with Crippen molar-refractivity contribution in [2.75, 3.05) is 19.8 Å². The monoisotopic (exact) mass is 248 g/mol. The highest BCUT2D eigenvalue weighted by Crippen LogP contribution is 2.12. The van der Waals surface area contributed by atoms with E-state index in [9.17, 15) is 0 Å². The zero-order chi connectivity index (χ0) is 13.4. The van der Waals surface area contributed by atoms with Crippen molar-refractivity contribution in [1.29, 1.82) is 0 Å². The smallest absolute Gasteiger partial charge is 0.119 e. The normalized spacial score (nSPS) is 10.7. The molecule has 0 bridgehead atoms. The Labute approximate surface area is 109 Å². The summed E-state index contributed by atoms with van der Waals surface area (Å²) in [6.07, 6.45) is 0. The molecule has 0 atom stereocenters. The molecule has 0 fully saturated rings. The minimum absolute atomic E-state index is 0.123. The lowest BCUT2D eigenvalue weighted by Gasteiger charge is -2.19. The Hall–Kier alpha value is -1.50. The number of hydrogen-bond acceptors (Lipinski definition) is 3. The molecule has 0 radical (unpaired) electrons. The minimum Gasteiger partial charge on any atom is -0.491 e. The maximum absolute atomic E-state index is 8.58. The number of hydrogen-bond donors (Lipinski definition) is 1. The molecule has 0 heterocycles. The van der Waals surface area contributed by atoms with E-state index in [2.05, 4.69) is 11.8 Å². The van der Waals surface area contributed by atoms with Crippen LogP contribution in [0.5, 0.6) is 5.75 Å². The molecular weight excluding hydrogens is 228 g/mol. The van der Waals surface area contributed by atoms with Crippen molar-refractivity contribution in [3.63, 3.8) is 0 Å². The van der Waals surface area contributed by atoms with Crippen LogP contribution in [0.25, 0.3) is 0 Å². The third kappa shape index (κ3) is 6.29. The number of aliphatic hydroxyl groups is 1. The molecule has 0 aromatic heterocycles. The van der Waals surface area contributed by atoms with Crippen LogP contribution in [0.4, 0.5) is 0 Å². The van der Waals surface area contributed by atoms with E-state index >= 15 is 0 Å². The summed E-state index contributed by atoms with van der Waals surface area (Å²) >= 11 is 0. The summed E-state index contributed by atoms with van der Waals surface area (Å²) in [5.74, 6) is 6.22. The van der Waals surface area contributed by atoms with Gasteiger partial charge in [-0.05, 0) is 45.0 Å². The highest BCUT2D eigenvalue weighted by molar-refractivity contribution is 5.38. The quantitative estimate of drug-likeness (QED) is 0.656. The van der Waals surface area contributed by atoms with Gasteiger partial charge in [0.2, 0.25) is 0 Å². The summed E-state index contributed by atoms with van der Waals surface area (Å²) in [5, 5.41) is 8.58. The van der Waals surface area contributed by atoms with Crippen molar-refractivity contribution in [2.24, 2.45) is 0 Å². The van der Waals surface area contributed by atoms with E-state index in [4.69, 9.17) is 14.6 Å². The molecule has 0 saturated carbocycles. The molecule has 1 aromatic rings. The van der Waals surface area contributed by atoms with Crippen molar-refractivity contribution < 1.29 is 14.6 Å². The van der Waals surface area contributed by atoms with Gasteiger partial charge < -0.3 is 14.6 Å². The SMILES string of the molecule is CC(C)(C)OCCOc1ccc(C#CCO)cc1. The van der Waals surface area contributed by atoms with Crippen LogP contribution in [0.1, 0.15) is 26.3 Å². The van der Waals surface area contributed by atoms with Gasteiger partial charge in [-0.3, -0.25) is 0 Å². The van der Waals surface area contributed by atoms with E-state index in [-0.39, 0.29) is 12.2 Å². The molecule has 0 saturated heterocycles. The molecule has 0 aliphatic carbocycles. The summed E-state index contributed by atoms with van der Waals surface area (Å²) in [5.41, 5.74) is 0.731. The minimum atomic E-state index is -0.132. The molecule has 98 valence electrons. The zero-order valence-corrected chi connectivity index (χ0v) is 11.2. The van der Waals surface area contributed by atoms with Gasteiger partial charge >= 0.3 is 0 Å². The standard InChI is InChI=1S/C15H20O3/c1-15(2,3)18-12-11-17-14-8-6-13(7-9-14)5-4-10-16/h6-9,16H,10-12H2,1-3H3. The predicted octanol–water partition coefficient (Wildman–Crippen LogP) is 2.22. The summed E-state index contributed by atoms with van der Waals surface area (Å²) in [6.45, 7) is 7.02. The average Bonchev–Trinajstić information content (AvgIpc) is 2.32. The molecule has 3 heteroatoms. The van der Waals surface area contributed by atoms with Crippen LogP contribution in [-0.4, -0.2) is 30.5 Å². The molecule has 1 N–H and O–H groups in total. The molecule has 0 aliphatic heterocycles. The first kappa shape index (κ1) is 14.6. The highest BCUT2D eigenvalue weighted by Gasteiger charge is 2.09. The molecule has 0 aliphatic rings. The average molecular weight is 248 g/mol. The third-order valence-electron chi connectivity index (χ3n) is 2.05. The van der Waals surface area contributed by atoms with E-state index < -0.39 is 0 Å². The molecule has 18 heavy (non-hydrogen) atoms. The Morgan fingerprint density at radius 2 is 1.78 bits per heavy atom. The van der Waals surface area contributed by atoms with Crippen LogP contribution < -0.4 is 4.74 Å². The molecule has 3 nitrogen and oxygen atoms in total. The van der Waals surface area contributed by atoms with Crippen molar-refractivity contribution in [3.8, 4) is 17.6 Å². The van der Waals surface area contributed by atoms with Crippen molar-refractivity contribution >= 4 is 0 Å². The van der Waals surface area contributed by atoms with E-state index in [1.54, 1.807) is 0 Å². The lowest BCUT2D eigenvalue weighted by Crippen LogP contribution is -2.22. The van der Waals surface area contributed by atoms with Gasteiger partial charge in [-0.15, -0.1) is 0 Å². The van der Waals surface area contributed by atoms with Crippen molar-refractivity contribution in [1.82, 2.24) is 0 Å². The molecule has 1 aromatic carbocycles. The fourth-order valence-electron chi connectivity index (χ4n) is 1.28. The van der Waals surface area contributed by atoms with Gasteiger partial charge in [0.25, 0.3) is 0 Å². The lowest BCUT2D eigenvalue weighted by atomic mass is 10.2. The zero-order valence-electron chi connectivity index (χ0n) is 11.2. The first-order chi connectivity index (χ1) is 8.51. The maximum Gasteiger partial charge on any atom is 0.119 e. The van der Waals surface area contributed by atoms with Gasteiger partial charge in [0.1, 0.15) is 19.0 Å². The Morgan fingerprint density at radius 3 is 2.33 bits per heavy atom. The first-order valence-corrected chi connectivity index (χ1v) is 5.98. The van der Waals surface area contributed by atoms with Crippen LogP contribution in [0.15, 0.2) is 24.3 Å². The highest BCUT2D eigenvalue weighted by atomic mass is 16.5. The van der Waals surface area contributed by atoms with E-state index in [0.29, 0.717) is 13.2 Å². The van der Waals surface area contributed by atoms with Crippen LogP contribution >= 0.6 is 0 Å². The van der Waals surface area contributed by atoms with Crippen molar-refractivity contribution in [2.45, 2.75) is 26.4 Å². The van der Waals surface area contributed by atoms with Gasteiger partial charge in [-0.2, -0.15) is 0 Å². The second-order valence-corrected chi connectivity index (χ2v) is 4.79. The number of ether oxygens (including phenoxy) is 2. The second-order valence-electron chi connectivity index (χ2n) is 4.79. The van der Waals surface area contributed by atoms with Gasteiger partial charge in [-0.1, -0.05) is 11.8 Å². The number of aliphatic hydroxyl groups excluding tert-OH is 1. The molecule has 1 rings (SSSR count). The van der Waals surface area contributed by atoms with Crippen molar-refractivity contribution in [3.05, 3.63) is 29.8 Å². The van der Waals surface area contributed by atoms with Gasteiger partial charge in [-0.25, -0.2) is 0 Å². The molecule has 0 spiro atoms. The fourth-order valence-corrected chi connectivity index (χ4v) is 1.28. The maximum atomic E-state index is 8.58. The van der Waals surface area contributed by atoms with Gasteiger partial charge in [0, 0.05) is 5.56 Å². The van der Waals surface area contributed by atoms with Crippen LogP contribution in [0, 0.1) is 11.8 Å². The van der Waals surface area contributed by atoms with Crippen LogP contribution in [0.3, 0.4) is 0 Å². The molecule has 0 amide bonds. The van der Waals surface area contributed by atoms with E-state index in [1.165, 1.54) is 0 Å². The second kappa shape index (κ2) is 7.05. The molecular formula is C15H20O3. The van der Waals surface area contributed by atoms with Crippen LogP contribution in [0.2, 0.25) is 0 Å². The first-order valence-electron chi connectivity index (χ1n) is 5.98. The summed E-state index contributed by atoms with van der Waals surface area (Å²) in [6, 6.07) is 7.45. The van der Waals surface area contributed by atoms with Gasteiger partial charge in [0.05, 0.1) is 12.2 Å². The lowest BCUT2D eigenvalue weighted by molar-refractivity contribution is -0.0163. The number of rotatable bonds is 4. The van der Waals surface area contributed by atoms with E-state index in [1.807, 2.05) is 45.0 Å². The topological polar surface area (TPSA) is 38.7 Å². The van der Waals surface area contributed by atoms with Gasteiger partial charge in [0.15, 0.2) is 0 Å². The largest absolute Gasteiger partial charge is 0.491 e. The number of benzene rings is 1. The Morgan fingerprint density at radius 1 is 1.11 bits per heavy atom. The fraction of sp³-hybridized carbons (Fsp3) is 0.467. The predicted molar refractivity (Wildman–Crippen MR) is 71.6 cm³/mol. The van der Waals surface area contributed by atoms with Crippen LogP contribution in [-0.2, 0) is 4.74 Å². The summed E-state index contributed by atoms with van der Waals surface area (Å²) < 4.78 is 11.1. The summed E-state index contributed by atoms with van der Waals surface area (Å²) in [7, 11) is 0. The Balaban J connectivity index is 2.35. The Kier molecular flexibility index (Phi) is 5.70. The third-order valence-corrected chi connectivity index (χ3v) is 2.05.